The Balaban J connectivity index is 2.25. The molecule has 1 N–H and O–H groups in total. The van der Waals surface area contributed by atoms with Gasteiger partial charge in [-0.25, -0.2) is 0 Å². The van der Waals surface area contributed by atoms with Crippen LogP contribution in [0.1, 0.15) is 12.8 Å². The maximum absolute atomic E-state index is 8.57. The molecule has 0 aliphatic rings. The Morgan fingerprint density at radius 1 is 1.15 bits per heavy atom. The van der Waals surface area contributed by atoms with Gasteiger partial charge in [-0.3, -0.25) is 0 Å². The molecular formula is C10H13ClOS. The molecule has 0 saturated carbocycles. The lowest BCUT2D eigenvalue weighted by molar-refractivity contribution is 0.287. The molecule has 0 heterocycles. The Labute approximate surface area is 88.1 Å². The largest absolute Gasteiger partial charge is 0.396 e. The zero-order valence-electron chi connectivity index (χ0n) is 7.37. The summed E-state index contributed by atoms with van der Waals surface area (Å²) >= 11 is 7.55. The summed E-state index contributed by atoms with van der Waals surface area (Å²) in [4.78, 5) is 1.24. The van der Waals surface area contributed by atoms with Crippen molar-refractivity contribution in [2.45, 2.75) is 17.7 Å². The van der Waals surface area contributed by atoms with Crippen molar-refractivity contribution in [3.05, 3.63) is 29.3 Å². The van der Waals surface area contributed by atoms with Gasteiger partial charge < -0.3 is 5.11 Å². The number of halogens is 1. The van der Waals surface area contributed by atoms with Gasteiger partial charge in [-0.15, -0.1) is 11.8 Å². The predicted octanol–water partition coefficient (Wildman–Crippen LogP) is 3.20. The number of benzene rings is 1. The molecule has 0 aliphatic heterocycles. The van der Waals surface area contributed by atoms with Crippen LogP contribution in [-0.2, 0) is 0 Å². The van der Waals surface area contributed by atoms with Crippen molar-refractivity contribution in [2.24, 2.45) is 0 Å². The Morgan fingerprint density at radius 2 is 1.85 bits per heavy atom. The van der Waals surface area contributed by atoms with Crippen molar-refractivity contribution in [1.82, 2.24) is 0 Å². The molecule has 0 amide bonds. The molecule has 0 aliphatic carbocycles. The molecule has 72 valence electrons. The molecule has 0 saturated heterocycles. The van der Waals surface area contributed by atoms with Crippen LogP contribution in [0.2, 0.25) is 5.02 Å². The van der Waals surface area contributed by atoms with E-state index >= 15 is 0 Å². The summed E-state index contributed by atoms with van der Waals surface area (Å²) in [6.07, 6.45) is 1.95. The van der Waals surface area contributed by atoms with E-state index < -0.39 is 0 Å². The lowest BCUT2D eigenvalue weighted by Crippen LogP contribution is -1.85. The van der Waals surface area contributed by atoms with Crippen LogP contribution in [-0.4, -0.2) is 17.5 Å². The smallest absolute Gasteiger partial charge is 0.0431 e. The summed E-state index contributed by atoms with van der Waals surface area (Å²) in [5, 5.41) is 9.35. The van der Waals surface area contributed by atoms with Crippen LogP contribution in [0.25, 0.3) is 0 Å². The number of unbranched alkanes of at least 4 members (excludes halogenated alkanes) is 1. The zero-order chi connectivity index (χ0) is 9.52. The molecule has 1 aromatic carbocycles. The van der Waals surface area contributed by atoms with Crippen LogP contribution >= 0.6 is 23.4 Å². The topological polar surface area (TPSA) is 20.2 Å². The Kier molecular flexibility index (Phi) is 5.28. The minimum Gasteiger partial charge on any atom is -0.396 e. The normalized spacial score (nSPS) is 10.3. The maximum atomic E-state index is 8.57. The molecule has 0 spiro atoms. The van der Waals surface area contributed by atoms with Crippen LogP contribution in [0.3, 0.4) is 0 Å². The standard InChI is InChI=1S/C10H13ClOS/c11-9-3-5-10(6-4-9)13-8-2-1-7-12/h3-6,12H,1-2,7-8H2. The Morgan fingerprint density at radius 3 is 2.46 bits per heavy atom. The van der Waals surface area contributed by atoms with Crippen LogP contribution in [0.15, 0.2) is 29.2 Å². The summed E-state index contributed by atoms with van der Waals surface area (Å²) in [5.74, 6) is 1.06. The number of thioether (sulfide) groups is 1. The van der Waals surface area contributed by atoms with Gasteiger partial charge in [0.2, 0.25) is 0 Å². The van der Waals surface area contributed by atoms with E-state index in [1.54, 1.807) is 11.8 Å². The van der Waals surface area contributed by atoms with Gasteiger partial charge >= 0.3 is 0 Å². The van der Waals surface area contributed by atoms with Crippen LogP contribution in [0, 0.1) is 0 Å². The predicted molar refractivity (Wildman–Crippen MR) is 58.5 cm³/mol. The molecule has 0 unspecified atom stereocenters. The van der Waals surface area contributed by atoms with Crippen molar-refractivity contribution in [1.29, 1.82) is 0 Å². The van der Waals surface area contributed by atoms with Gasteiger partial charge in [0.15, 0.2) is 0 Å². The summed E-state index contributed by atoms with van der Waals surface area (Å²) in [7, 11) is 0. The van der Waals surface area contributed by atoms with Crippen molar-refractivity contribution in [3.8, 4) is 0 Å². The van der Waals surface area contributed by atoms with Gasteiger partial charge in [-0.05, 0) is 42.9 Å². The molecule has 0 radical (unpaired) electrons. The highest BCUT2D eigenvalue weighted by Gasteiger charge is 1.93. The summed E-state index contributed by atoms with van der Waals surface area (Å²) in [6, 6.07) is 7.84. The monoisotopic (exact) mass is 216 g/mol. The van der Waals surface area contributed by atoms with Gasteiger partial charge in [-0.2, -0.15) is 0 Å². The fraction of sp³-hybridized carbons (Fsp3) is 0.400. The second-order valence-corrected chi connectivity index (χ2v) is 4.34. The summed E-state index contributed by atoms with van der Waals surface area (Å²) in [5.41, 5.74) is 0. The van der Waals surface area contributed by atoms with E-state index in [1.807, 2.05) is 24.3 Å². The van der Waals surface area contributed by atoms with Gasteiger partial charge in [0.1, 0.15) is 0 Å². The average molecular weight is 217 g/mol. The van der Waals surface area contributed by atoms with Crippen LogP contribution in [0.5, 0.6) is 0 Å². The molecule has 3 heteroatoms. The Hall–Kier alpha value is -0.180. The number of hydrogen-bond acceptors (Lipinski definition) is 2. The van der Waals surface area contributed by atoms with Gasteiger partial charge in [-0.1, -0.05) is 11.6 Å². The van der Waals surface area contributed by atoms with E-state index in [0.717, 1.165) is 23.6 Å². The fourth-order valence-electron chi connectivity index (χ4n) is 0.935. The van der Waals surface area contributed by atoms with Crippen LogP contribution in [0.4, 0.5) is 0 Å². The molecule has 1 rings (SSSR count). The average Bonchev–Trinajstić information content (AvgIpc) is 2.15. The second kappa shape index (κ2) is 6.30. The highest BCUT2D eigenvalue weighted by Crippen LogP contribution is 2.21. The van der Waals surface area contributed by atoms with E-state index in [-0.39, 0.29) is 0 Å². The number of hydrogen-bond donors (Lipinski definition) is 1. The molecule has 0 atom stereocenters. The van der Waals surface area contributed by atoms with Crippen molar-refractivity contribution in [2.75, 3.05) is 12.4 Å². The second-order valence-electron chi connectivity index (χ2n) is 2.73. The molecular weight excluding hydrogens is 204 g/mol. The molecule has 1 nitrogen and oxygen atoms in total. The van der Waals surface area contributed by atoms with Crippen molar-refractivity contribution in [3.63, 3.8) is 0 Å². The van der Waals surface area contributed by atoms with E-state index in [9.17, 15) is 0 Å². The molecule has 0 aromatic heterocycles. The fourth-order valence-corrected chi connectivity index (χ4v) is 1.97. The zero-order valence-corrected chi connectivity index (χ0v) is 8.94. The third-order valence-electron chi connectivity index (χ3n) is 1.63. The summed E-state index contributed by atoms with van der Waals surface area (Å²) < 4.78 is 0. The van der Waals surface area contributed by atoms with Crippen molar-refractivity contribution < 1.29 is 5.11 Å². The summed E-state index contributed by atoms with van der Waals surface area (Å²) in [6.45, 7) is 0.293. The molecule has 0 fully saturated rings. The first kappa shape index (κ1) is 10.9. The molecule has 13 heavy (non-hydrogen) atoms. The van der Waals surface area contributed by atoms with Gasteiger partial charge in [0, 0.05) is 16.5 Å². The first-order chi connectivity index (χ1) is 6.33. The minimum atomic E-state index is 0.293. The number of rotatable bonds is 5. The first-order valence-corrected chi connectivity index (χ1v) is 5.68. The third-order valence-corrected chi connectivity index (χ3v) is 2.99. The molecule has 0 bridgehead atoms. The quantitative estimate of drug-likeness (QED) is 0.603. The maximum Gasteiger partial charge on any atom is 0.0431 e. The minimum absolute atomic E-state index is 0.293. The van der Waals surface area contributed by atoms with Gasteiger partial charge in [0.05, 0.1) is 0 Å². The lowest BCUT2D eigenvalue weighted by atomic mass is 10.4. The van der Waals surface area contributed by atoms with Gasteiger partial charge in [0.25, 0.3) is 0 Å². The highest BCUT2D eigenvalue weighted by molar-refractivity contribution is 7.99. The number of aliphatic hydroxyl groups excluding tert-OH is 1. The van der Waals surface area contributed by atoms with E-state index in [0.29, 0.717) is 6.61 Å². The number of aliphatic hydroxyl groups is 1. The van der Waals surface area contributed by atoms with E-state index in [1.165, 1.54) is 4.90 Å². The van der Waals surface area contributed by atoms with Crippen molar-refractivity contribution >= 4 is 23.4 Å². The lowest BCUT2D eigenvalue weighted by Gasteiger charge is -2.00. The van der Waals surface area contributed by atoms with E-state index in [2.05, 4.69) is 0 Å². The SMILES string of the molecule is OCCCCSc1ccc(Cl)cc1. The molecule has 1 aromatic rings. The highest BCUT2D eigenvalue weighted by atomic mass is 35.5. The van der Waals surface area contributed by atoms with Crippen LogP contribution < -0.4 is 0 Å². The first-order valence-electron chi connectivity index (χ1n) is 4.32. The Bertz CT molecular complexity index is 235. The van der Waals surface area contributed by atoms with E-state index in [4.69, 9.17) is 16.7 Å². The third kappa shape index (κ3) is 4.55.